The van der Waals surface area contributed by atoms with Crippen LogP contribution in [0.2, 0.25) is 0 Å². The van der Waals surface area contributed by atoms with Crippen LogP contribution in [0.1, 0.15) is 41.5 Å². The molecule has 0 bridgehead atoms. The third-order valence-electron chi connectivity index (χ3n) is 2.48. The Hall–Kier alpha value is 3.37. The summed E-state index contributed by atoms with van der Waals surface area (Å²) in [5, 5.41) is 0. The summed E-state index contributed by atoms with van der Waals surface area (Å²) in [6.07, 6.45) is 0.596. The maximum Gasteiger partial charge on any atom is 0.258 e. The van der Waals surface area contributed by atoms with E-state index in [-0.39, 0.29) is 32.6 Å². The van der Waals surface area contributed by atoms with Crippen molar-refractivity contribution in [2.24, 2.45) is 0 Å². The second-order valence-electron chi connectivity index (χ2n) is 4.62. The molecule has 177 valence electrons. The number of hydrogen-bond acceptors (Lipinski definition) is 5. The molecule has 3 radical (unpaired) electrons. The van der Waals surface area contributed by atoms with Crippen LogP contribution in [-0.4, -0.2) is 72.7 Å². The summed E-state index contributed by atoms with van der Waals surface area (Å²) in [5.74, 6) is 0. The van der Waals surface area contributed by atoms with Crippen molar-refractivity contribution >= 4 is 83.0 Å². The van der Waals surface area contributed by atoms with Gasteiger partial charge >= 0.3 is 0 Å². The maximum absolute atomic E-state index is 5.91. The Morgan fingerprint density at radius 1 is 1.14 bits per heavy atom. The van der Waals surface area contributed by atoms with Crippen LogP contribution in [0.25, 0.3) is 0 Å². The zero-order valence-electron chi connectivity index (χ0n) is 18.7. The smallest absolute Gasteiger partial charge is 0.258 e. The Morgan fingerprint density at radius 2 is 1.55 bits per heavy atom. The van der Waals surface area contributed by atoms with Gasteiger partial charge in [0.1, 0.15) is 6.10 Å². The first kappa shape index (κ1) is 42.5. The highest BCUT2D eigenvalue weighted by molar-refractivity contribution is 8.65. The van der Waals surface area contributed by atoms with E-state index in [9.17, 15) is 0 Å². The van der Waals surface area contributed by atoms with Gasteiger partial charge in [-0.3, -0.25) is 0 Å². The lowest BCUT2D eigenvalue weighted by Gasteiger charge is -2.26. The predicted octanol–water partition coefficient (Wildman–Crippen LogP) is 6.13. The second-order valence-corrected chi connectivity index (χ2v) is 22.4. The third-order valence-corrected chi connectivity index (χ3v) is 3.90. The van der Waals surface area contributed by atoms with Crippen molar-refractivity contribution in [3.8, 4) is 0 Å². The van der Waals surface area contributed by atoms with Gasteiger partial charge in [0.05, 0.1) is 19.9 Å². The van der Waals surface area contributed by atoms with Gasteiger partial charge in [0, 0.05) is 28.0 Å². The van der Waals surface area contributed by atoms with Gasteiger partial charge in [0.25, 0.3) is 8.53 Å². The fourth-order valence-corrected chi connectivity index (χ4v) is 2.77. The van der Waals surface area contributed by atoms with Crippen molar-refractivity contribution in [1.82, 2.24) is 4.67 Å². The summed E-state index contributed by atoms with van der Waals surface area (Å²) in [6.45, 7) is 8.62. The first-order valence-electron chi connectivity index (χ1n) is 8.85. The summed E-state index contributed by atoms with van der Waals surface area (Å²) in [7, 11) is 27.1. The Balaban J connectivity index is -0.000000135. The Kier molecular flexibility index (Phi) is 49.2. The van der Waals surface area contributed by atoms with Crippen molar-refractivity contribution in [2.45, 2.75) is 59.8 Å². The van der Waals surface area contributed by atoms with Gasteiger partial charge < -0.3 is 18.5 Å². The molecule has 0 aromatic rings. The second kappa shape index (κ2) is 33.5. The Morgan fingerprint density at radius 3 is 1.83 bits per heavy atom. The van der Waals surface area contributed by atoms with E-state index in [1.165, 1.54) is 0 Å². The number of methoxy groups -OCH3 is 1. The van der Waals surface area contributed by atoms with Crippen molar-refractivity contribution in [1.29, 1.82) is 0 Å². The molecule has 1 aliphatic heterocycles. The highest BCUT2D eigenvalue weighted by Gasteiger charge is 2.37. The normalized spacial score (nSPS) is 20.3. The average molecular weight is 562 g/mol. The standard InChI is InChI=1S/C9H19B2NO4P.2C2H6.CH4.H6P4.H5P3/c1-12(2)17(14-4)16-7-5-9(11-10)15-8(7)6-13-3;2*1-2;;1-4(2)3;1-3-2/h7-9H,5-6H2,1-4H3;2*1-2H3;1H4;1-3H2;3H,1-2H2/t7?,8-,9-,17?;;;;;/m1...../s1. The Bertz CT molecular complexity index is 291. The first-order chi connectivity index (χ1) is 13.3. The fourth-order valence-electron chi connectivity index (χ4n) is 1.71. The van der Waals surface area contributed by atoms with Gasteiger partial charge in [0.2, 0.25) is 0 Å². The van der Waals surface area contributed by atoms with E-state index in [1.54, 1.807) is 21.4 Å². The van der Waals surface area contributed by atoms with Crippen LogP contribution in [0.15, 0.2) is 0 Å². The molecular formula is C14H46B2NO4P8. The first-order valence-corrected chi connectivity index (χ1v) is 20.8. The molecule has 0 aromatic carbocycles. The largest absolute Gasteiger partial charge is 0.382 e. The van der Waals surface area contributed by atoms with Crippen LogP contribution in [0, 0.1) is 0 Å². The van der Waals surface area contributed by atoms with Crippen LogP contribution in [-0.2, 0) is 18.5 Å². The molecular weight excluding hydrogens is 516 g/mol. The van der Waals surface area contributed by atoms with E-state index in [4.69, 9.17) is 26.3 Å². The number of rotatable bonds is 7. The summed E-state index contributed by atoms with van der Waals surface area (Å²) in [4.78, 5) is 0. The van der Waals surface area contributed by atoms with Gasteiger partial charge in [-0.25, -0.2) is 4.67 Å². The van der Waals surface area contributed by atoms with Gasteiger partial charge in [-0.2, -0.15) is 0 Å². The number of ether oxygens (including phenoxy) is 2. The molecule has 29 heavy (non-hydrogen) atoms. The van der Waals surface area contributed by atoms with Crippen LogP contribution in [0.5, 0.6) is 0 Å². The lowest BCUT2D eigenvalue weighted by Crippen LogP contribution is -2.29. The molecule has 1 heterocycles. The topological polar surface area (TPSA) is 40.2 Å². The quantitative estimate of drug-likeness (QED) is 0.276. The molecule has 9 atom stereocenters. The van der Waals surface area contributed by atoms with E-state index in [0.29, 0.717) is 6.61 Å². The number of hydrogen-bond donors (Lipinski definition) is 0. The van der Waals surface area contributed by atoms with Crippen molar-refractivity contribution in [3.05, 3.63) is 0 Å². The molecule has 0 N–H and O–H groups in total. The van der Waals surface area contributed by atoms with Crippen LogP contribution < -0.4 is 0 Å². The van der Waals surface area contributed by atoms with E-state index in [2.05, 4.69) is 44.6 Å². The monoisotopic (exact) mass is 562 g/mol. The Labute approximate surface area is 200 Å². The lowest BCUT2D eigenvalue weighted by atomic mass is 9.51. The average Bonchev–Trinajstić information content (AvgIpc) is 3.05. The minimum atomic E-state index is -1.05. The van der Waals surface area contributed by atoms with Crippen LogP contribution in [0.4, 0.5) is 0 Å². The predicted molar refractivity (Wildman–Crippen MR) is 162 cm³/mol. The molecule has 0 aliphatic carbocycles. The zero-order valence-corrected chi connectivity index (χ0v) is 27.2. The highest BCUT2D eigenvalue weighted by Crippen LogP contribution is 2.59. The van der Waals surface area contributed by atoms with Gasteiger partial charge in [-0.05, 0) is 27.5 Å². The third kappa shape index (κ3) is 29.3. The maximum atomic E-state index is 5.91. The van der Waals surface area contributed by atoms with Crippen LogP contribution >= 0.6 is 68.1 Å². The summed E-state index contributed by atoms with van der Waals surface area (Å²) < 4.78 is 23.9. The molecule has 0 saturated carbocycles. The fraction of sp³-hybridized carbons (Fsp3) is 1.00. The van der Waals surface area contributed by atoms with E-state index < -0.39 is 8.53 Å². The SMILES string of the molecule is C.CC.CC.PP(P)P.PPP.[B][B][C@H]1CC(OP(OC)N(C)C)[C@@H](COC)O1. The molecule has 15 heteroatoms. The summed E-state index contributed by atoms with van der Waals surface area (Å²) in [6, 6.07) is -0.0731. The van der Waals surface area contributed by atoms with E-state index >= 15 is 0 Å². The molecule has 0 amide bonds. The summed E-state index contributed by atoms with van der Waals surface area (Å²) in [5.41, 5.74) is 0. The molecule has 1 saturated heterocycles. The van der Waals surface area contributed by atoms with Gasteiger partial charge in [-0.1, -0.05) is 43.1 Å². The van der Waals surface area contributed by atoms with Gasteiger partial charge in [-0.15, -0.1) is 44.6 Å². The van der Waals surface area contributed by atoms with Gasteiger partial charge in [0.15, 0.2) is 0 Å². The zero-order chi connectivity index (χ0) is 23.1. The minimum Gasteiger partial charge on any atom is -0.382 e. The molecule has 7 unspecified atom stereocenters. The molecule has 5 nitrogen and oxygen atoms in total. The molecule has 1 fully saturated rings. The minimum absolute atomic E-state index is 0. The molecule has 0 spiro atoms. The molecule has 1 aliphatic rings. The molecule has 1 rings (SSSR count). The van der Waals surface area contributed by atoms with Crippen molar-refractivity contribution in [3.63, 3.8) is 0 Å². The summed E-state index contributed by atoms with van der Waals surface area (Å²) >= 11 is 0. The molecule has 0 aromatic heterocycles. The van der Waals surface area contributed by atoms with E-state index in [1.807, 2.05) is 46.5 Å². The van der Waals surface area contributed by atoms with E-state index in [0.717, 1.165) is 14.4 Å². The highest BCUT2D eigenvalue weighted by atomic mass is 32.7. The lowest BCUT2D eigenvalue weighted by molar-refractivity contribution is -0.0125. The van der Waals surface area contributed by atoms with Crippen molar-refractivity contribution < 1.29 is 18.5 Å². The number of nitrogens with zero attached hydrogens (tertiary/aromatic N) is 1. The van der Waals surface area contributed by atoms with Crippen molar-refractivity contribution in [2.75, 3.05) is 34.9 Å². The van der Waals surface area contributed by atoms with Crippen LogP contribution in [0.3, 0.4) is 0 Å².